The predicted octanol–water partition coefficient (Wildman–Crippen LogP) is 3.62. The normalized spacial score (nSPS) is 16.8. The van der Waals surface area contributed by atoms with Gasteiger partial charge in [0.25, 0.3) is 0 Å². The van der Waals surface area contributed by atoms with E-state index < -0.39 is 30.4 Å². The minimum Gasteiger partial charge on any atom is -0.481 e. The van der Waals surface area contributed by atoms with Crippen LogP contribution in [0.4, 0.5) is 10.5 Å². The molecule has 2 atom stereocenters. The van der Waals surface area contributed by atoms with Crippen molar-refractivity contribution in [2.45, 2.75) is 24.9 Å². The van der Waals surface area contributed by atoms with E-state index >= 15 is 0 Å². The Morgan fingerprint density at radius 2 is 1.94 bits per heavy atom. The van der Waals surface area contributed by atoms with Crippen LogP contribution in [-0.2, 0) is 16.1 Å². The number of carbonyl (C=O) groups is 3. The largest absolute Gasteiger partial charge is 0.481 e. The molecule has 0 saturated heterocycles. The second-order valence-corrected chi connectivity index (χ2v) is 8.26. The number of rotatable bonds is 6. The summed E-state index contributed by atoms with van der Waals surface area (Å²) < 4.78 is 0. The van der Waals surface area contributed by atoms with Crippen molar-refractivity contribution in [2.75, 3.05) is 18.9 Å². The fourth-order valence-electron chi connectivity index (χ4n) is 3.66. The molecule has 31 heavy (non-hydrogen) atoms. The van der Waals surface area contributed by atoms with E-state index in [1.54, 1.807) is 24.3 Å². The first-order valence-corrected chi connectivity index (χ1v) is 10.2. The van der Waals surface area contributed by atoms with Crippen molar-refractivity contribution in [1.82, 2.24) is 10.2 Å². The van der Waals surface area contributed by atoms with Crippen LogP contribution in [0.2, 0.25) is 10.0 Å². The lowest BCUT2D eigenvalue weighted by Crippen LogP contribution is -2.44. The Bertz CT molecular complexity index is 1030. The van der Waals surface area contributed by atoms with Gasteiger partial charge in [0.2, 0.25) is 0 Å². The van der Waals surface area contributed by atoms with Crippen LogP contribution in [0.1, 0.15) is 29.0 Å². The molecule has 3 rings (SSSR count). The molecule has 0 radical (unpaired) electrons. The highest BCUT2D eigenvalue weighted by Gasteiger charge is 2.27. The lowest BCUT2D eigenvalue weighted by Gasteiger charge is -2.33. The van der Waals surface area contributed by atoms with Gasteiger partial charge in [-0.2, -0.15) is 0 Å². The highest BCUT2D eigenvalue weighted by Crippen LogP contribution is 2.38. The second kappa shape index (κ2) is 9.55. The Balaban J connectivity index is 1.82. The molecule has 2 amide bonds. The first-order valence-electron chi connectivity index (χ1n) is 9.42. The van der Waals surface area contributed by atoms with Gasteiger partial charge in [0.15, 0.2) is 0 Å². The topological polar surface area (TPSA) is 119 Å². The lowest BCUT2D eigenvalue weighted by atomic mass is 9.84. The number of hydrogen-bond donors (Lipinski definition) is 4. The predicted molar refractivity (Wildman–Crippen MR) is 117 cm³/mol. The summed E-state index contributed by atoms with van der Waals surface area (Å²) in [6.07, 6.45) is -0.727. The molecule has 0 fully saturated rings. The van der Waals surface area contributed by atoms with Crippen molar-refractivity contribution in [3.8, 4) is 0 Å². The van der Waals surface area contributed by atoms with Crippen LogP contribution in [-0.4, -0.2) is 52.7 Å². The summed E-state index contributed by atoms with van der Waals surface area (Å²) in [5, 5.41) is 23.8. The molecule has 164 valence electrons. The lowest BCUT2D eigenvalue weighted by molar-refractivity contribution is -0.145. The summed E-state index contributed by atoms with van der Waals surface area (Å²) in [6.45, 7) is 1.42. The second-order valence-electron chi connectivity index (χ2n) is 7.42. The monoisotopic (exact) mass is 465 g/mol. The third-order valence-electron chi connectivity index (χ3n) is 5.02. The van der Waals surface area contributed by atoms with E-state index in [-0.39, 0.29) is 5.92 Å². The Hall–Kier alpha value is -2.81. The zero-order valence-corrected chi connectivity index (χ0v) is 18.1. The zero-order chi connectivity index (χ0) is 22.7. The average Bonchev–Trinajstić information content (AvgIpc) is 2.67. The number of amides is 2. The van der Waals surface area contributed by atoms with Crippen molar-refractivity contribution >= 4 is 46.9 Å². The molecule has 2 aromatic carbocycles. The van der Waals surface area contributed by atoms with Gasteiger partial charge in [-0.05, 0) is 48.0 Å². The molecule has 0 aliphatic carbocycles. The number of halogens is 2. The summed E-state index contributed by atoms with van der Waals surface area (Å²) in [4.78, 5) is 36.3. The van der Waals surface area contributed by atoms with Crippen molar-refractivity contribution in [1.29, 1.82) is 0 Å². The maximum atomic E-state index is 12.2. The maximum Gasteiger partial charge on any atom is 0.326 e. The first-order chi connectivity index (χ1) is 14.6. The molecule has 4 N–H and O–H groups in total. The van der Waals surface area contributed by atoms with Gasteiger partial charge in [-0.1, -0.05) is 35.3 Å². The van der Waals surface area contributed by atoms with Crippen LogP contribution < -0.4 is 10.6 Å². The fraction of sp³-hybridized carbons (Fsp3) is 0.286. The maximum absolute atomic E-state index is 12.2. The molecule has 2 aromatic rings. The van der Waals surface area contributed by atoms with E-state index in [1.165, 1.54) is 0 Å². The van der Waals surface area contributed by atoms with Gasteiger partial charge in [-0.25, -0.2) is 9.59 Å². The Morgan fingerprint density at radius 3 is 2.61 bits per heavy atom. The zero-order valence-electron chi connectivity index (χ0n) is 16.6. The minimum absolute atomic E-state index is 0.0338. The number of carboxylic acid groups (broad SMARTS) is 2. The molecule has 0 spiro atoms. The first kappa shape index (κ1) is 22.9. The van der Waals surface area contributed by atoms with E-state index in [0.717, 1.165) is 23.2 Å². The van der Waals surface area contributed by atoms with Gasteiger partial charge < -0.3 is 25.7 Å². The van der Waals surface area contributed by atoms with Gasteiger partial charge in [-0.15, -0.1) is 0 Å². The highest BCUT2D eigenvalue weighted by molar-refractivity contribution is 6.35. The molecule has 1 aliphatic rings. The number of hydrogen-bond acceptors (Lipinski definition) is 4. The summed E-state index contributed by atoms with van der Waals surface area (Å²) in [5.74, 6) is -2.79. The number of aliphatic carboxylic acids is 2. The summed E-state index contributed by atoms with van der Waals surface area (Å²) in [5.41, 5.74) is 3.38. The number of urea groups is 1. The van der Waals surface area contributed by atoms with Crippen LogP contribution in [0.3, 0.4) is 0 Å². The number of nitrogens with one attached hydrogen (secondary N) is 2. The third-order valence-corrected chi connectivity index (χ3v) is 5.58. The van der Waals surface area contributed by atoms with Crippen LogP contribution in [0.15, 0.2) is 36.4 Å². The molecule has 0 aromatic heterocycles. The van der Waals surface area contributed by atoms with Crippen molar-refractivity contribution in [3.05, 3.63) is 63.1 Å². The number of carbonyl (C=O) groups excluding carboxylic acids is 1. The van der Waals surface area contributed by atoms with Crippen molar-refractivity contribution in [2.24, 2.45) is 0 Å². The van der Waals surface area contributed by atoms with Crippen molar-refractivity contribution < 1.29 is 24.6 Å². The quantitative estimate of drug-likeness (QED) is 0.517. The summed E-state index contributed by atoms with van der Waals surface area (Å²) in [7, 11) is 1.99. The molecule has 1 heterocycles. The Kier molecular flexibility index (Phi) is 7.04. The number of nitrogens with zero attached hydrogens (tertiary/aromatic N) is 1. The van der Waals surface area contributed by atoms with Gasteiger partial charge in [0.05, 0.1) is 6.42 Å². The van der Waals surface area contributed by atoms with Crippen LogP contribution in [0.5, 0.6) is 0 Å². The standard InChI is InChI=1S/C21H21Cl2N3O5/c1-26-9-15(14-6-12(22)7-17(23)16(14)10-26)11-3-2-4-13(5-11)24-21(31)25-18(20(29)30)8-19(27)28/h2-7,15,18H,8-10H2,1H3,(H,27,28)(H,29,30)(H2,24,25,31)/t15?,18-/m0/s1. The number of carboxylic acids is 2. The number of benzene rings is 2. The smallest absolute Gasteiger partial charge is 0.326 e. The van der Waals surface area contributed by atoms with Crippen molar-refractivity contribution in [3.63, 3.8) is 0 Å². The van der Waals surface area contributed by atoms with Gasteiger partial charge in [0.1, 0.15) is 6.04 Å². The van der Waals surface area contributed by atoms with Gasteiger partial charge in [0, 0.05) is 34.7 Å². The fourth-order valence-corrected chi connectivity index (χ4v) is 4.23. The van der Waals surface area contributed by atoms with Crippen LogP contribution in [0, 0.1) is 0 Å². The average molecular weight is 466 g/mol. The molecule has 0 saturated carbocycles. The van der Waals surface area contributed by atoms with Gasteiger partial charge >= 0.3 is 18.0 Å². The molecule has 0 bridgehead atoms. The molecule has 1 aliphatic heterocycles. The number of fused-ring (bicyclic) bond motifs is 1. The number of likely N-dealkylation sites (N-methyl/N-ethyl adjacent to an activating group) is 1. The van der Waals surface area contributed by atoms with E-state index in [0.29, 0.717) is 22.3 Å². The number of anilines is 1. The van der Waals surface area contributed by atoms with Crippen LogP contribution in [0.25, 0.3) is 0 Å². The molecule has 10 heteroatoms. The SMILES string of the molecule is CN1Cc2c(Cl)cc(Cl)cc2C(c2cccc(NC(=O)N[C@@H](CC(=O)O)C(=O)O)c2)C1. The molecular weight excluding hydrogens is 445 g/mol. The third kappa shape index (κ3) is 5.66. The van der Waals surface area contributed by atoms with E-state index in [2.05, 4.69) is 15.5 Å². The van der Waals surface area contributed by atoms with E-state index in [4.69, 9.17) is 33.4 Å². The van der Waals surface area contributed by atoms with Gasteiger partial charge in [-0.3, -0.25) is 4.79 Å². The summed E-state index contributed by atoms with van der Waals surface area (Å²) >= 11 is 12.6. The Labute approximate surface area is 188 Å². The summed E-state index contributed by atoms with van der Waals surface area (Å²) in [6, 6.07) is 8.42. The molecular formula is C21H21Cl2N3O5. The molecule has 8 nitrogen and oxygen atoms in total. The Morgan fingerprint density at radius 1 is 1.19 bits per heavy atom. The molecule has 1 unspecified atom stereocenters. The van der Waals surface area contributed by atoms with Crippen LogP contribution >= 0.6 is 23.2 Å². The minimum atomic E-state index is -1.54. The van der Waals surface area contributed by atoms with E-state index in [9.17, 15) is 14.4 Å². The highest BCUT2D eigenvalue weighted by atomic mass is 35.5. The van der Waals surface area contributed by atoms with E-state index in [1.807, 2.05) is 19.2 Å².